The highest BCUT2D eigenvalue weighted by molar-refractivity contribution is 5.77. The zero-order valence-electron chi connectivity index (χ0n) is 10.4. The van der Waals surface area contributed by atoms with Crippen LogP contribution >= 0.6 is 0 Å². The molecule has 5 nitrogen and oxygen atoms in total. The molecule has 17 heavy (non-hydrogen) atoms. The maximum absolute atomic E-state index is 11.8. The lowest BCUT2D eigenvalue weighted by Crippen LogP contribution is -2.40. The third-order valence-corrected chi connectivity index (χ3v) is 3.08. The zero-order chi connectivity index (χ0) is 12.7. The van der Waals surface area contributed by atoms with Crippen LogP contribution in [0.2, 0.25) is 0 Å². The summed E-state index contributed by atoms with van der Waals surface area (Å²) in [6.45, 7) is 4.37. The standard InChI is InChI=1S/C12H21NO4/c1-2-17-9-3-4-11(14)13-7-5-10(6-8-13)12(15)16/h10H,2-9H2,1H3,(H,15,16). The van der Waals surface area contributed by atoms with Crippen LogP contribution in [-0.2, 0) is 14.3 Å². The number of carboxylic acids is 1. The van der Waals surface area contributed by atoms with Crippen LogP contribution in [0.4, 0.5) is 0 Å². The van der Waals surface area contributed by atoms with Crippen LogP contribution < -0.4 is 0 Å². The molecule has 0 radical (unpaired) electrons. The largest absolute Gasteiger partial charge is 0.481 e. The van der Waals surface area contributed by atoms with E-state index in [1.807, 2.05) is 6.92 Å². The number of aliphatic carboxylic acids is 1. The first kappa shape index (κ1) is 14.0. The van der Waals surface area contributed by atoms with Gasteiger partial charge in [0.1, 0.15) is 0 Å². The molecule has 1 N–H and O–H groups in total. The Morgan fingerprint density at radius 1 is 1.35 bits per heavy atom. The van der Waals surface area contributed by atoms with Crippen molar-refractivity contribution in [1.82, 2.24) is 4.90 Å². The first-order chi connectivity index (χ1) is 8.15. The summed E-state index contributed by atoms with van der Waals surface area (Å²) in [4.78, 5) is 24.3. The average molecular weight is 243 g/mol. The van der Waals surface area contributed by atoms with Gasteiger partial charge in [-0.25, -0.2) is 0 Å². The number of piperidine rings is 1. The van der Waals surface area contributed by atoms with Gasteiger partial charge in [0.15, 0.2) is 0 Å². The van der Waals surface area contributed by atoms with Gasteiger partial charge in [0.05, 0.1) is 5.92 Å². The third-order valence-electron chi connectivity index (χ3n) is 3.08. The van der Waals surface area contributed by atoms with E-state index in [0.717, 1.165) is 6.42 Å². The van der Waals surface area contributed by atoms with Crippen molar-refractivity contribution in [3.63, 3.8) is 0 Å². The van der Waals surface area contributed by atoms with Crippen LogP contribution in [0.25, 0.3) is 0 Å². The number of nitrogens with zero attached hydrogens (tertiary/aromatic N) is 1. The summed E-state index contributed by atoms with van der Waals surface area (Å²) in [5.41, 5.74) is 0. The third kappa shape index (κ3) is 4.73. The first-order valence-corrected chi connectivity index (χ1v) is 6.23. The molecule has 0 aliphatic carbocycles. The molecule has 0 unspecified atom stereocenters. The maximum Gasteiger partial charge on any atom is 0.306 e. The van der Waals surface area contributed by atoms with Crippen molar-refractivity contribution in [2.24, 2.45) is 5.92 Å². The van der Waals surface area contributed by atoms with E-state index in [9.17, 15) is 9.59 Å². The number of ether oxygens (including phenoxy) is 1. The molecule has 1 rings (SSSR count). The number of hydrogen-bond acceptors (Lipinski definition) is 3. The smallest absolute Gasteiger partial charge is 0.306 e. The number of carboxylic acid groups (broad SMARTS) is 1. The summed E-state index contributed by atoms with van der Waals surface area (Å²) < 4.78 is 5.17. The molecule has 98 valence electrons. The molecule has 1 aliphatic heterocycles. The number of carbonyl (C=O) groups excluding carboxylic acids is 1. The Morgan fingerprint density at radius 2 is 2.00 bits per heavy atom. The van der Waals surface area contributed by atoms with Gasteiger partial charge < -0.3 is 14.7 Å². The minimum Gasteiger partial charge on any atom is -0.481 e. The summed E-state index contributed by atoms with van der Waals surface area (Å²) >= 11 is 0. The van der Waals surface area contributed by atoms with Gasteiger partial charge in [0.2, 0.25) is 5.91 Å². The van der Waals surface area contributed by atoms with Crippen LogP contribution in [0.1, 0.15) is 32.6 Å². The SMILES string of the molecule is CCOCCCC(=O)N1CCC(C(=O)O)CC1. The van der Waals surface area contributed by atoms with E-state index in [1.165, 1.54) is 0 Å². The fraction of sp³-hybridized carbons (Fsp3) is 0.833. The molecule has 0 aromatic rings. The van der Waals surface area contributed by atoms with Crippen molar-refractivity contribution in [1.29, 1.82) is 0 Å². The molecule has 0 saturated carbocycles. The lowest BCUT2D eigenvalue weighted by molar-refractivity contribution is -0.145. The maximum atomic E-state index is 11.8. The van der Waals surface area contributed by atoms with Crippen molar-refractivity contribution >= 4 is 11.9 Å². The van der Waals surface area contributed by atoms with E-state index >= 15 is 0 Å². The highest BCUT2D eigenvalue weighted by atomic mass is 16.5. The van der Waals surface area contributed by atoms with Gasteiger partial charge in [0.25, 0.3) is 0 Å². The van der Waals surface area contributed by atoms with E-state index in [4.69, 9.17) is 9.84 Å². The van der Waals surface area contributed by atoms with Crippen LogP contribution in [0.15, 0.2) is 0 Å². The second-order valence-corrected chi connectivity index (χ2v) is 4.29. The van der Waals surface area contributed by atoms with Gasteiger partial charge in [-0.2, -0.15) is 0 Å². The minimum absolute atomic E-state index is 0.119. The lowest BCUT2D eigenvalue weighted by atomic mass is 9.97. The fourth-order valence-electron chi connectivity index (χ4n) is 2.00. The highest BCUT2D eigenvalue weighted by Crippen LogP contribution is 2.18. The van der Waals surface area contributed by atoms with Gasteiger partial charge in [-0.1, -0.05) is 0 Å². The van der Waals surface area contributed by atoms with Crippen molar-refractivity contribution < 1.29 is 19.4 Å². The fourth-order valence-corrected chi connectivity index (χ4v) is 2.00. The predicted molar refractivity (Wildman–Crippen MR) is 62.7 cm³/mol. The molecule has 1 aliphatic rings. The van der Waals surface area contributed by atoms with Gasteiger partial charge in [0, 0.05) is 32.7 Å². The van der Waals surface area contributed by atoms with E-state index in [-0.39, 0.29) is 11.8 Å². The van der Waals surface area contributed by atoms with Crippen molar-refractivity contribution in [2.75, 3.05) is 26.3 Å². The molecule has 1 heterocycles. The van der Waals surface area contributed by atoms with Crippen LogP contribution in [-0.4, -0.2) is 48.2 Å². The van der Waals surface area contributed by atoms with Crippen molar-refractivity contribution in [2.45, 2.75) is 32.6 Å². The Bertz CT molecular complexity index is 259. The summed E-state index contributed by atoms with van der Waals surface area (Å²) in [6, 6.07) is 0. The molecular weight excluding hydrogens is 222 g/mol. The Balaban J connectivity index is 2.19. The molecule has 5 heteroatoms. The Labute approximate surface area is 102 Å². The number of rotatable bonds is 6. The molecule has 1 saturated heterocycles. The van der Waals surface area contributed by atoms with Crippen molar-refractivity contribution in [3.8, 4) is 0 Å². The lowest BCUT2D eigenvalue weighted by Gasteiger charge is -2.30. The van der Waals surface area contributed by atoms with E-state index < -0.39 is 5.97 Å². The number of hydrogen-bond donors (Lipinski definition) is 1. The minimum atomic E-state index is -0.742. The Kier molecular flexibility index (Phi) is 5.97. The normalized spacial score (nSPS) is 17.1. The van der Waals surface area contributed by atoms with Crippen molar-refractivity contribution in [3.05, 3.63) is 0 Å². The van der Waals surface area contributed by atoms with E-state index in [1.54, 1.807) is 4.90 Å². The highest BCUT2D eigenvalue weighted by Gasteiger charge is 2.26. The van der Waals surface area contributed by atoms with E-state index in [0.29, 0.717) is 45.6 Å². The molecule has 0 aromatic heterocycles. The number of carbonyl (C=O) groups is 2. The zero-order valence-corrected chi connectivity index (χ0v) is 10.4. The summed E-state index contributed by atoms with van der Waals surface area (Å²) in [7, 11) is 0. The van der Waals surface area contributed by atoms with Crippen LogP contribution in [0.3, 0.4) is 0 Å². The molecule has 0 spiro atoms. The molecular formula is C12H21NO4. The van der Waals surface area contributed by atoms with Gasteiger partial charge >= 0.3 is 5.97 Å². The second kappa shape index (κ2) is 7.27. The number of amides is 1. The molecule has 0 aromatic carbocycles. The molecule has 1 amide bonds. The quantitative estimate of drug-likeness (QED) is 0.710. The molecule has 0 bridgehead atoms. The summed E-state index contributed by atoms with van der Waals surface area (Å²) in [6.07, 6.45) is 2.39. The summed E-state index contributed by atoms with van der Waals surface area (Å²) in [5, 5.41) is 8.84. The average Bonchev–Trinajstić information content (AvgIpc) is 2.34. The first-order valence-electron chi connectivity index (χ1n) is 6.23. The van der Waals surface area contributed by atoms with Gasteiger partial charge in [-0.15, -0.1) is 0 Å². The Morgan fingerprint density at radius 3 is 2.53 bits per heavy atom. The molecule has 0 atom stereocenters. The van der Waals surface area contributed by atoms with Crippen LogP contribution in [0.5, 0.6) is 0 Å². The second-order valence-electron chi connectivity index (χ2n) is 4.29. The predicted octanol–water partition coefficient (Wildman–Crippen LogP) is 1.13. The molecule has 1 fully saturated rings. The number of likely N-dealkylation sites (tertiary alicyclic amines) is 1. The topological polar surface area (TPSA) is 66.8 Å². The van der Waals surface area contributed by atoms with Crippen LogP contribution in [0, 0.1) is 5.92 Å². The van der Waals surface area contributed by atoms with Gasteiger partial charge in [-0.05, 0) is 26.2 Å². The van der Waals surface area contributed by atoms with Gasteiger partial charge in [-0.3, -0.25) is 9.59 Å². The van der Waals surface area contributed by atoms with E-state index in [2.05, 4.69) is 0 Å². The Hall–Kier alpha value is -1.10. The monoisotopic (exact) mass is 243 g/mol. The summed E-state index contributed by atoms with van der Waals surface area (Å²) in [5.74, 6) is -0.899.